The first kappa shape index (κ1) is 20.3. The van der Waals surface area contributed by atoms with Gasteiger partial charge in [-0.2, -0.15) is 0 Å². The van der Waals surface area contributed by atoms with Crippen LogP contribution < -0.4 is 0 Å². The van der Waals surface area contributed by atoms with Crippen LogP contribution in [0.1, 0.15) is 17.5 Å². The fourth-order valence-electron chi connectivity index (χ4n) is 2.73. The molecular weight excluding hydrogens is 368 g/mol. The molecule has 0 aromatic carbocycles. The van der Waals surface area contributed by atoms with Crippen LogP contribution >= 0.6 is 0 Å². The standard InChI is InChI=1S/C19H27N10/c1-29(11-8-20-14-17-23-2-3-24-17,12-9-21-15-18-25-4-5-26-18)13-10-22-16-19-27-6-7-28-19/h2-7,14-16H,8-13H2,1H3,(H,23,24)(H,25,26)(H,27,28)/q+1. The van der Waals surface area contributed by atoms with Crippen LogP contribution in [-0.2, 0) is 0 Å². The van der Waals surface area contributed by atoms with Gasteiger partial charge in [-0.05, 0) is 0 Å². The second-order valence-electron chi connectivity index (χ2n) is 6.82. The van der Waals surface area contributed by atoms with Gasteiger partial charge in [0.15, 0.2) is 0 Å². The number of nitrogens with one attached hydrogen (secondary N) is 3. The van der Waals surface area contributed by atoms with Gasteiger partial charge in [-0.3, -0.25) is 15.0 Å². The van der Waals surface area contributed by atoms with Crippen LogP contribution in [0, 0.1) is 0 Å². The number of quaternary nitrogens is 1. The van der Waals surface area contributed by atoms with Gasteiger partial charge in [-0.25, -0.2) is 15.0 Å². The predicted molar refractivity (Wildman–Crippen MR) is 114 cm³/mol. The number of aromatic nitrogens is 6. The van der Waals surface area contributed by atoms with Crippen molar-refractivity contribution < 1.29 is 4.48 Å². The summed E-state index contributed by atoms with van der Waals surface area (Å²) in [5.41, 5.74) is 0. The maximum Gasteiger partial charge on any atom is 0.148 e. The van der Waals surface area contributed by atoms with Crippen LogP contribution in [-0.4, -0.2) is 99.3 Å². The minimum atomic E-state index is 0.709. The summed E-state index contributed by atoms with van der Waals surface area (Å²) < 4.78 is 0.820. The third-order valence-electron chi connectivity index (χ3n) is 4.51. The van der Waals surface area contributed by atoms with Gasteiger partial charge in [-0.1, -0.05) is 0 Å². The molecule has 0 saturated heterocycles. The smallest absolute Gasteiger partial charge is 0.148 e. The molecule has 3 N–H and O–H groups in total. The second-order valence-corrected chi connectivity index (χ2v) is 6.82. The van der Waals surface area contributed by atoms with E-state index in [9.17, 15) is 0 Å². The van der Waals surface area contributed by atoms with Crippen molar-refractivity contribution >= 4 is 18.6 Å². The Kier molecular flexibility index (Phi) is 7.58. The maximum absolute atomic E-state index is 4.50. The van der Waals surface area contributed by atoms with Gasteiger partial charge in [0.1, 0.15) is 17.5 Å². The van der Waals surface area contributed by atoms with Crippen molar-refractivity contribution in [1.29, 1.82) is 0 Å². The molecule has 0 atom stereocenters. The van der Waals surface area contributed by atoms with Gasteiger partial charge < -0.3 is 19.4 Å². The molecule has 0 spiro atoms. The zero-order valence-corrected chi connectivity index (χ0v) is 16.6. The zero-order valence-electron chi connectivity index (χ0n) is 16.6. The fraction of sp³-hybridized carbons (Fsp3) is 0.368. The van der Waals surface area contributed by atoms with Gasteiger partial charge in [0.05, 0.1) is 65.0 Å². The summed E-state index contributed by atoms with van der Waals surface area (Å²) in [6, 6.07) is 0. The minimum absolute atomic E-state index is 0.709. The molecule has 0 aliphatic carbocycles. The van der Waals surface area contributed by atoms with Gasteiger partial charge >= 0.3 is 0 Å². The number of hydrogen-bond donors (Lipinski definition) is 3. The topological polar surface area (TPSA) is 123 Å². The van der Waals surface area contributed by atoms with Crippen LogP contribution in [0.3, 0.4) is 0 Å². The minimum Gasteiger partial charge on any atom is -0.344 e. The Hall–Kier alpha value is -3.40. The zero-order chi connectivity index (χ0) is 20.2. The van der Waals surface area contributed by atoms with Gasteiger partial charge in [0.2, 0.25) is 0 Å². The van der Waals surface area contributed by atoms with E-state index in [0.717, 1.165) is 41.6 Å². The molecular formula is C19H27N10+. The quantitative estimate of drug-likeness (QED) is 0.313. The SMILES string of the molecule is C[N+](CCN=Cc1ncc[nH]1)(CCN=Cc1ncc[nH]1)CCN=Cc1ncc[nH]1. The number of hydrogen-bond acceptors (Lipinski definition) is 6. The molecule has 10 nitrogen and oxygen atoms in total. The summed E-state index contributed by atoms with van der Waals surface area (Å²) in [4.78, 5) is 35.0. The normalized spacial score (nSPS) is 14.4. The van der Waals surface area contributed by atoms with E-state index in [1.54, 1.807) is 55.8 Å². The molecule has 3 aromatic rings. The lowest BCUT2D eigenvalue weighted by Gasteiger charge is -2.33. The molecule has 0 aliphatic heterocycles. The molecule has 0 amide bonds. The summed E-state index contributed by atoms with van der Waals surface area (Å²) in [6.45, 7) is 4.81. The maximum atomic E-state index is 4.50. The number of aromatic amines is 3. The van der Waals surface area contributed by atoms with Gasteiger partial charge in [0.25, 0.3) is 0 Å². The third kappa shape index (κ3) is 7.26. The van der Waals surface area contributed by atoms with E-state index in [-0.39, 0.29) is 0 Å². The summed E-state index contributed by atoms with van der Waals surface area (Å²) in [6.07, 6.45) is 15.8. The summed E-state index contributed by atoms with van der Waals surface area (Å²) in [5.74, 6) is 2.31. The predicted octanol–water partition coefficient (Wildman–Crippen LogP) is 0.960. The highest BCUT2D eigenvalue weighted by Crippen LogP contribution is 2.03. The second kappa shape index (κ2) is 10.8. The fourth-order valence-corrected chi connectivity index (χ4v) is 2.73. The van der Waals surface area contributed by atoms with E-state index in [0.29, 0.717) is 19.6 Å². The number of imidazole rings is 3. The lowest BCUT2D eigenvalue weighted by Crippen LogP contribution is -2.49. The average molecular weight is 395 g/mol. The summed E-state index contributed by atoms with van der Waals surface area (Å²) in [5, 5.41) is 0. The largest absolute Gasteiger partial charge is 0.344 e. The highest BCUT2D eigenvalue weighted by Gasteiger charge is 2.20. The Morgan fingerprint density at radius 3 is 1.31 bits per heavy atom. The van der Waals surface area contributed by atoms with Crippen molar-refractivity contribution in [2.45, 2.75) is 0 Å². The summed E-state index contributed by atoms with van der Waals surface area (Å²) >= 11 is 0. The van der Waals surface area contributed by atoms with Crippen molar-refractivity contribution in [3.8, 4) is 0 Å². The lowest BCUT2D eigenvalue weighted by molar-refractivity contribution is -0.905. The molecule has 0 unspecified atom stereocenters. The molecule has 0 fully saturated rings. The van der Waals surface area contributed by atoms with Crippen molar-refractivity contribution in [2.75, 3.05) is 46.3 Å². The number of rotatable bonds is 12. The lowest BCUT2D eigenvalue weighted by atomic mass is 10.3. The highest BCUT2D eigenvalue weighted by atomic mass is 15.3. The van der Waals surface area contributed by atoms with Crippen molar-refractivity contribution in [3.63, 3.8) is 0 Å². The molecule has 0 bridgehead atoms. The van der Waals surface area contributed by atoms with Crippen LogP contribution in [0.15, 0.2) is 52.2 Å². The van der Waals surface area contributed by atoms with E-state index in [2.05, 4.69) is 51.9 Å². The Bertz CT molecular complexity index is 758. The highest BCUT2D eigenvalue weighted by molar-refractivity contribution is 5.74. The monoisotopic (exact) mass is 395 g/mol. The Morgan fingerprint density at radius 2 is 1.03 bits per heavy atom. The molecule has 152 valence electrons. The number of likely N-dealkylation sites (N-methyl/N-ethyl adjacent to an activating group) is 1. The van der Waals surface area contributed by atoms with Crippen molar-refractivity contribution in [3.05, 3.63) is 54.7 Å². The third-order valence-corrected chi connectivity index (χ3v) is 4.51. The van der Waals surface area contributed by atoms with Gasteiger partial charge in [0, 0.05) is 37.2 Å². The summed E-state index contributed by atoms with van der Waals surface area (Å²) in [7, 11) is 2.22. The molecule has 3 heterocycles. The number of aliphatic imine (C=N–C) groups is 3. The first-order valence-electron chi connectivity index (χ1n) is 9.55. The molecule has 0 saturated carbocycles. The van der Waals surface area contributed by atoms with Crippen LogP contribution in [0.2, 0.25) is 0 Å². The Morgan fingerprint density at radius 1 is 0.690 bits per heavy atom. The first-order valence-corrected chi connectivity index (χ1v) is 9.55. The van der Waals surface area contributed by atoms with E-state index < -0.39 is 0 Å². The van der Waals surface area contributed by atoms with E-state index in [1.807, 2.05) is 0 Å². The number of H-pyrrole nitrogens is 3. The molecule has 3 aromatic heterocycles. The van der Waals surface area contributed by atoms with Crippen LogP contribution in [0.4, 0.5) is 0 Å². The Labute approximate surface area is 169 Å². The van der Waals surface area contributed by atoms with Crippen LogP contribution in [0.5, 0.6) is 0 Å². The van der Waals surface area contributed by atoms with Crippen molar-refractivity contribution in [1.82, 2.24) is 29.9 Å². The molecule has 0 aliphatic rings. The van der Waals surface area contributed by atoms with Crippen molar-refractivity contribution in [2.24, 2.45) is 15.0 Å². The van der Waals surface area contributed by atoms with E-state index in [4.69, 9.17) is 0 Å². The Balaban J connectivity index is 1.51. The average Bonchev–Trinajstić information content (AvgIpc) is 3.49. The molecule has 10 heteroatoms. The first-order chi connectivity index (χ1) is 14.2. The van der Waals surface area contributed by atoms with Gasteiger partial charge in [-0.15, -0.1) is 0 Å². The van der Waals surface area contributed by atoms with Crippen LogP contribution in [0.25, 0.3) is 0 Å². The molecule has 0 radical (unpaired) electrons. The van der Waals surface area contributed by atoms with E-state index >= 15 is 0 Å². The number of nitrogens with zero attached hydrogens (tertiary/aromatic N) is 7. The van der Waals surface area contributed by atoms with E-state index in [1.165, 1.54) is 0 Å². The molecule has 29 heavy (non-hydrogen) atoms. The molecule has 3 rings (SSSR count).